The van der Waals surface area contributed by atoms with Gasteiger partial charge in [0, 0.05) is 13.6 Å². The maximum atomic E-state index is 13.0. The van der Waals surface area contributed by atoms with Crippen LogP contribution in [-0.2, 0) is 13.6 Å². The summed E-state index contributed by atoms with van der Waals surface area (Å²) in [7, 11) is 1.56. The highest BCUT2D eigenvalue weighted by atomic mass is 16.3. The topological polar surface area (TPSA) is 102 Å². The van der Waals surface area contributed by atoms with Gasteiger partial charge in [-0.25, -0.2) is 4.98 Å². The first-order valence-corrected chi connectivity index (χ1v) is 7.40. The molecule has 1 amide bonds. The Labute approximate surface area is 136 Å². The lowest BCUT2D eigenvalue weighted by atomic mass is 10.1. The molecule has 1 N–H and O–H groups in total. The summed E-state index contributed by atoms with van der Waals surface area (Å²) in [5.41, 5.74) is -0.0678. The van der Waals surface area contributed by atoms with E-state index in [9.17, 15) is 14.7 Å². The zero-order chi connectivity index (χ0) is 17.3. The van der Waals surface area contributed by atoms with Crippen LogP contribution in [0.15, 0.2) is 38.4 Å². The van der Waals surface area contributed by atoms with E-state index in [1.807, 2.05) is 0 Å². The molecule has 0 aliphatic carbocycles. The second-order valence-corrected chi connectivity index (χ2v) is 5.40. The summed E-state index contributed by atoms with van der Waals surface area (Å²) in [6.45, 7) is 1.68. The fourth-order valence-electron chi connectivity index (χ4n) is 2.57. The highest BCUT2D eigenvalue weighted by Crippen LogP contribution is 2.23. The van der Waals surface area contributed by atoms with Crippen LogP contribution in [0, 0.1) is 6.92 Å². The average Bonchev–Trinajstić information content (AvgIpc) is 3.17. The summed E-state index contributed by atoms with van der Waals surface area (Å²) < 4.78 is 12.0. The van der Waals surface area contributed by atoms with Gasteiger partial charge in [-0.15, -0.1) is 0 Å². The van der Waals surface area contributed by atoms with Crippen molar-refractivity contribution in [3.63, 3.8) is 0 Å². The van der Waals surface area contributed by atoms with E-state index < -0.39 is 5.91 Å². The molecule has 0 aliphatic rings. The molecular formula is C16H17N3O5. The largest absolute Gasteiger partial charge is 0.467 e. The minimum Gasteiger partial charge on any atom is -0.467 e. The molecule has 3 aromatic rings. The van der Waals surface area contributed by atoms with Crippen LogP contribution in [0.2, 0.25) is 0 Å². The zero-order valence-electron chi connectivity index (χ0n) is 13.4. The van der Waals surface area contributed by atoms with Crippen molar-refractivity contribution in [2.45, 2.75) is 13.5 Å². The molecule has 3 heterocycles. The van der Waals surface area contributed by atoms with Crippen LogP contribution >= 0.6 is 0 Å². The lowest BCUT2D eigenvalue weighted by Gasteiger charge is -2.20. The Hall–Kier alpha value is -2.87. The summed E-state index contributed by atoms with van der Waals surface area (Å²) in [4.78, 5) is 30.8. The first-order valence-electron chi connectivity index (χ1n) is 7.40. The monoisotopic (exact) mass is 331 g/mol. The molecular weight excluding hydrogens is 314 g/mol. The van der Waals surface area contributed by atoms with E-state index >= 15 is 0 Å². The highest BCUT2D eigenvalue weighted by Gasteiger charge is 2.26. The van der Waals surface area contributed by atoms with Crippen LogP contribution in [0.5, 0.6) is 0 Å². The van der Waals surface area contributed by atoms with Gasteiger partial charge < -0.3 is 23.4 Å². The molecule has 0 radical (unpaired) electrons. The number of aromatic nitrogens is 2. The molecule has 8 heteroatoms. The van der Waals surface area contributed by atoms with Crippen molar-refractivity contribution in [2.24, 2.45) is 7.05 Å². The lowest BCUT2D eigenvalue weighted by molar-refractivity contribution is 0.0694. The summed E-state index contributed by atoms with van der Waals surface area (Å²) in [6, 6.07) is 3.45. The van der Waals surface area contributed by atoms with E-state index in [0.29, 0.717) is 11.5 Å². The number of furan rings is 2. The van der Waals surface area contributed by atoms with Gasteiger partial charge in [0.05, 0.1) is 25.0 Å². The van der Waals surface area contributed by atoms with Crippen LogP contribution in [0.4, 0.5) is 0 Å². The normalized spacial score (nSPS) is 11.1. The van der Waals surface area contributed by atoms with Crippen molar-refractivity contribution in [2.75, 3.05) is 13.2 Å². The van der Waals surface area contributed by atoms with Crippen molar-refractivity contribution in [1.29, 1.82) is 0 Å². The molecule has 126 valence electrons. The van der Waals surface area contributed by atoms with E-state index in [0.717, 1.165) is 0 Å². The minimum atomic E-state index is -0.415. The molecule has 0 bridgehead atoms. The molecule has 0 fully saturated rings. The van der Waals surface area contributed by atoms with Gasteiger partial charge in [-0.1, -0.05) is 0 Å². The van der Waals surface area contributed by atoms with Gasteiger partial charge in [0.25, 0.3) is 11.5 Å². The van der Waals surface area contributed by atoms with E-state index in [-0.39, 0.29) is 41.9 Å². The Morgan fingerprint density at radius 3 is 2.92 bits per heavy atom. The summed E-state index contributed by atoms with van der Waals surface area (Å²) >= 11 is 0. The molecule has 3 aromatic heterocycles. The van der Waals surface area contributed by atoms with Crippen molar-refractivity contribution >= 4 is 17.0 Å². The quantitative estimate of drug-likeness (QED) is 0.750. The zero-order valence-corrected chi connectivity index (χ0v) is 13.4. The predicted octanol–water partition coefficient (Wildman–Crippen LogP) is 1.06. The molecule has 0 aliphatic heterocycles. The molecule has 24 heavy (non-hydrogen) atoms. The Balaban J connectivity index is 2.07. The maximum absolute atomic E-state index is 13.0. The van der Waals surface area contributed by atoms with E-state index in [1.54, 1.807) is 26.1 Å². The van der Waals surface area contributed by atoms with Gasteiger partial charge in [-0.05, 0) is 19.1 Å². The first kappa shape index (κ1) is 16.0. The van der Waals surface area contributed by atoms with Gasteiger partial charge in [0.1, 0.15) is 23.2 Å². The van der Waals surface area contributed by atoms with Gasteiger partial charge in [-0.2, -0.15) is 0 Å². The third kappa shape index (κ3) is 2.71. The third-order valence-corrected chi connectivity index (χ3v) is 3.75. The predicted molar refractivity (Wildman–Crippen MR) is 84.5 cm³/mol. The third-order valence-electron chi connectivity index (χ3n) is 3.75. The molecule has 0 aromatic carbocycles. The molecule has 0 unspecified atom stereocenters. The number of hydrogen-bond donors (Lipinski definition) is 1. The number of rotatable bonds is 5. The molecule has 0 saturated heterocycles. The lowest BCUT2D eigenvalue weighted by Crippen LogP contribution is -2.34. The van der Waals surface area contributed by atoms with Crippen molar-refractivity contribution < 1.29 is 18.7 Å². The Morgan fingerprint density at radius 2 is 2.25 bits per heavy atom. The van der Waals surface area contributed by atoms with Crippen LogP contribution < -0.4 is 5.56 Å². The number of carbonyl (C=O) groups excluding carboxylic acids is 1. The first-order chi connectivity index (χ1) is 11.5. The fraction of sp³-hybridized carbons (Fsp3) is 0.312. The molecule has 3 rings (SSSR count). The van der Waals surface area contributed by atoms with Gasteiger partial charge in [0.15, 0.2) is 0 Å². The number of hydrogen-bond acceptors (Lipinski definition) is 6. The molecule has 0 atom stereocenters. The average molecular weight is 331 g/mol. The second kappa shape index (κ2) is 6.32. The van der Waals surface area contributed by atoms with Crippen molar-refractivity contribution in [3.05, 3.63) is 52.2 Å². The van der Waals surface area contributed by atoms with E-state index in [1.165, 1.54) is 22.1 Å². The smallest absolute Gasteiger partial charge is 0.265 e. The highest BCUT2D eigenvalue weighted by molar-refractivity contribution is 6.06. The SMILES string of the molecule is Cc1oc2ncn(C)c(=O)c2c1C(=O)N(CCO)Cc1ccco1. The fourth-order valence-corrected chi connectivity index (χ4v) is 2.57. The molecule has 0 spiro atoms. The number of aliphatic hydroxyl groups excluding tert-OH is 1. The standard InChI is InChI=1S/C16H17N3O5/c1-10-12(13-14(24-10)17-9-18(2)15(13)21)16(22)19(5-6-20)8-11-4-3-7-23-11/h3-4,7,9,20H,5-6,8H2,1-2H3. The number of aryl methyl sites for hydroxylation is 2. The number of fused-ring (bicyclic) bond motifs is 1. The molecule has 0 saturated carbocycles. The van der Waals surface area contributed by atoms with Crippen LogP contribution in [0.3, 0.4) is 0 Å². The number of nitrogens with zero attached hydrogens (tertiary/aromatic N) is 3. The van der Waals surface area contributed by atoms with Crippen molar-refractivity contribution in [1.82, 2.24) is 14.5 Å². The summed E-state index contributed by atoms with van der Waals surface area (Å²) in [5.74, 6) is 0.475. The van der Waals surface area contributed by atoms with E-state index in [4.69, 9.17) is 8.83 Å². The van der Waals surface area contributed by atoms with Gasteiger partial charge >= 0.3 is 0 Å². The van der Waals surface area contributed by atoms with Gasteiger partial charge in [0.2, 0.25) is 5.71 Å². The molecule has 8 nitrogen and oxygen atoms in total. The summed E-state index contributed by atoms with van der Waals surface area (Å²) in [6.07, 6.45) is 2.85. The number of aliphatic hydroxyl groups is 1. The summed E-state index contributed by atoms with van der Waals surface area (Å²) in [5, 5.41) is 9.41. The van der Waals surface area contributed by atoms with Crippen LogP contribution in [-0.4, -0.2) is 38.6 Å². The Morgan fingerprint density at radius 1 is 1.46 bits per heavy atom. The van der Waals surface area contributed by atoms with Gasteiger partial charge in [-0.3, -0.25) is 9.59 Å². The van der Waals surface area contributed by atoms with Crippen LogP contribution in [0.1, 0.15) is 21.9 Å². The Kier molecular flexibility index (Phi) is 4.22. The minimum absolute atomic E-state index is 0.103. The number of carbonyl (C=O) groups is 1. The van der Waals surface area contributed by atoms with Crippen molar-refractivity contribution in [3.8, 4) is 0 Å². The Bertz CT molecular complexity index is 923. The number of amides is 1. The van der Waals surface area contributed by atoms with E-state index in [2.05, 4.69) is 4.98 Å². The maximum Gasteiger partial charge on any atom is 0.265 e. The second-order valence-electron chi connectivity index (χ2n) is 5.40. The van der Waals surface area contributed by atoms with Crippen LogP contribution in [0.25, 0.3) is 11.1 Å².